The third kappa shape index (κ3) is 4.26. The summed E-state index contributed by atoms with van der Waals surface area (Å²) >= 11 is 0. The van der Waals surface area contributed by atoms with Gasteiger partial charge >= 0.3 is 0 Å². The van der Waals surface area contributed by atoms with Gasteiger partial charge in [0.2, 0.25) is 5.91 Å². The predicted molar refractivity (Wildman–Crippen MR) is 94.3 cm³/mol. The van der Waals surface area contributed by atoms with Gasteiger partial charge in [0.1, 0.15) is 12.8 Å². The van der Waals surface area contributed by atoms with Crippen LogP contribution in [0.25, 0.3) is 0 Å². The summed E-state index contributed by atoms with van der Waals surface area (Å²) in [6.07, 6.45) is 3.25. The molecule has 0 spiro atoms. The number of amides is 2. The van der Waals surface area contributed by atoms with E-state index in [1.165, 1.54) is 11.8 Å². The first-order chi connectivity index (χ1) is 11.8. The molecule has 3 rings (SSSR count). The first-order valence-corrected chi connectivity index (χ1v) is 8.46. The summed E-state index contributed by atoms with van der Waals surface area (Å²) in [5, 5.41) is 6.28. The second-order valence-corrected chi connectivity index (χ2v) is 7.42. The van der Waals surface area contributed by atoms with Gasteiger partial charge in [-0.05, 0) is 36.0 Å². The SMILES string of the molecule is CC(C)(C)c1ccc(C(=O)N(CC(=O)Nc2ccon2)C2CC2)cc1. The third-order valence-corrected chi connectivity index (χ3v) is 4.27. The zero-order valence-electron chi connectivity index (χ0n) is 14.8. The van der Waals surface area contributed by atoms with Crippen LogP contribution in [0.2, 0.25) is 0 Å². The van der Waals surface area contributed by atoms with Crippen LogP contribution in [0.3, 0.4) is 0 Å². The molecule has 2 aromatic rings. The molecular formula is C19H23N3O3. The van der Waals surface area contributed by atoms with Crippen molar-refractivity contribution in [2.24, 2.45) is 0 Å². The Morgan fingerprint density at radius 1 is 1.20 bits per heavy atom. The van der Waals surface area contributed by atoms with Crippen molar-refractivity contribution in [2.75, 3.05) is 11.9 Å². The maximum absolute atomic E-state index is 12.8. The Balaban J connectivity index is 1.69. The summed E-state index contributed by atoms with van der Waals surface area (Å²) in [5.41, 5.74) is 1.81. The molecule has 6 heteroatoms. The minimum Gasteiger partial charge on any atom is -0.363 e. The summed E-state index contributed by atoms with van der Waals surface area (Å²) in [7, 11) is 0. The number of nitrogens with one attached hydrogen (secondary N) is 1. The molecule has 0 saturated heterocycles. The van der Waals surface area contributed by atoms with E-state index in [9.17, 15) is 9.59 Å². The van der Waals surface area contributed by atoms with Crippen molar-refractivity contribution >= 4 is 17.6 Å². The number of anilines is 1. The standard InChI is InChI=1S/C19H23N3O3/c1-19(2,3)14-6-4-13(5-7-14)18(24)22(15-8-9-15)12-17(23)20-16-10-11-25-21-16/h4-7,10-11,15H,8-9,12H2,1-3H3,(H,20,21,23). The van der Waals surface area contributed by atoms with Gasteiger partial charge < -0.3 is 14.7 Å². The highest BCUT2D eigenvalue weighted by molar-refractivity contribution is 5.99. The molecule has 1 aliphatic carbocycles. The van der Waals surface area contributed by atoms with Gasteiger partial charge in [0.15, 0.2) is 5.82 Å². The smallest absolute Gasteiger partial charge is 0.254 e. The average molecular weight is 341 g/mol. The molecule has 1 aromatic heterocycles. The first-order valence-electron chi connectivity index (χ1n) is 8.46. The highest BCUT2D eigenvalue weighted by Crippen LogP contribution is 2.29. The van der Waals surface area contributed by atoms with Crippen LogP contribution in [0.15, 0.2) is 41.1 Å². The molecule has 1 N–H and O–H groups in total. The molecule has 0 radical (unpaired) electrons. The molecule has 1 heterocycles. The first kappa shape index (κ1) is 17.2. The van der Waals surface area contributed by atoms with Crippen molar-refractivity contribution in [3.05, 3.63) is 47.7 Å². The summed E-state index contributed by atoms with van der Waals surface area (Å²) in [6.45, 7) is 6.41. The van der Waals surface area contributed by atoms with Gasteiger partial charge in [-0.1, -0.05) is 38.1 Å². The molecule has 0 atom stereocenters. The molecule has 1 aliphatic rings. The van der Waals surface area contributed by atoms with Crippen molar-refractivity contribution < 1.29 is 14.1 Å². The van der Waals surface area contributed by atoms with Gasteiger partial charge in [0.25, 0.3) is 5.91 Å². The van der Waals surface area contributed by atoms with Crippen molar-refractivity contribution in [3.63, 3.8) is 0 Å². The number of rotatable bonds is 5. The highest BCUT2D eigenvalue weighted by Gasteiger charge is 2.34. The van der Waals surface area contributed by atoms with E-state index in [-0.39, 0.29) is 29.8 Å². The van der Waals surface area contributed by atoms with Crippen molar-refractivity contribution in [1.82, 2.24) is 10.1 Å². The van der Waals surface area contributed by atoms with Crippen LogP contribution in [-0.4, -0.2) is 34.5 Å². The summed E-state index contributed by atoms with van der Waals surface area (Å²) in [4.78, 5) is 26.7. The van der Waals surface area contributed by atoms with Crippen LogP contribution >= 0.6 is 0 Å². The lowest BCUT2D eigenvalue weighted by Gasteiger charge is -2.23. The minimum atomic E-state index is -0.277. The topological polar surface area (TPSA) is 75.4 Å². The minimum absolute atomic E-state index is 0.0113. The van der Waals surface area contributed by atoms with Crippen molar-refractivity contribution in [2.45, 2.75) is 45.1 Å². The summed E-state index contributed by atoms with van der Waals surface area (Å²) < 4.78 is 4.69. The molecule has 6 nitrogen and oxygen atoms in total. The molecule has 0 unspecified atom stereocenters. The van der Waals surface area contributed by atoms with Crippen LogP contribution in [-0.2, 0) is 10.2 Å². The Hall–Kier alpha value is -2.63. The zero-order valence-corrected chi connectivity index (χ0v) is 14.8. The second kappa shape index (κ2) is 6.70. The Morgan fingerprint density at radius 2 is 1.88 bits per heavy atom. The predicted octanol–water partition coefficient (Wildman–Crippen LogP) is 3.22. The second-order valence-electron chi connectivity index (χ2n) is 7.42. The van der Waals surface area contributed by atoms with E-state index >= 15 is 0 Å². The van der Waals surface area contributed by atoms with Crippen LogP contribution in [0, 0.1) is 0 Å². The highest BCUT2D eigenvalue weighted by atomic mass is 16.5. The molecule has 1 fully saturated rings. The third-order valence-electron chi connectivity index (χ3n) is 4.27. The van der Waals surface area contributed by atoms with Gasteiger partial charge in [-0.15, -0.1) is 0 Å². The fraction of sp³-hybridized carbons (Fsp3) is 0.421. The van der Waals surface area contributed by atoms with Gasteiger partial charge in [-0.25, -0.2) is 0 Å². The Labute approximate surface area is 147 Å². The van der Waals surface area contributed by atoms with E-state index in [0.29, 0.717) is 11.4 Å². The van der Waals surface area contributed by atoms with E-state index in [1.54, 1.807) is 11.0 Å². The fourth-order valence-electron chi connectivity index (χ4n) is 2.65. The number of carbonyl (C=O) groups is 2. The monoisotopic (exact) mass is 341 g/mol. The van der Waals surface area contributed by atoms with E-state index < -0.39 is 0 Å². The molecule has 0 bridgehead atoms. The van der Waals surface area contributed by atoms with Gasteiger partial charge in [0.05, 0.1) is 0 Å². The van der Waals surface area contributed by atoms with Crippen molar-refractivity contribution in [1.29, 1.82) is 0 Å². The lowest BCUT2D eigenvalue weighted by Crippen LogP contribution is -2.39. The zero-order chi connectivity index (χ0) is 18.0. The summed E-state index contributed by atoms with van der Waals surface area (Å²) in [5.74, 6) is -0.0403. The quantitative estimate of drug-likeness (QED) is 0.906. The van der Waals surface area contributed by atoms with Crippen LogP contribution < -0.4 is 5.32 Å². The van der Waals surface area contributed by atoms with Crippen LogP contribution in [0.5, 0.6) is 0 Å². The molecule has 25 heavy (non-hydrogen) atoms. The van der Waals surface area contributed by atoms with Gasteiger partial charge in [-0.2, -0.15) is 0 Å². The maximum atomic E-state index is 12.8. The van der Waals surface area contributed by atoms with E-state index in [2.05, 4.69) is 31.2 Å². The van der Waals surface area contributed by atoms with E-state index in [1.807, 2.05) is 24.3 Å². The summed E-state index contributed by atoms with van der Waals surface area (Å²) in [6, 6.07) is 9.34. The number of hydrogen-bond donors (Lipinski definition) is 1. The molecule has 132 valence electrons. The average Bonchev–Trinajstić information content (AvgIpc) is 3.28. The number of hydrogen-bond acceptors (Lipinski definition) is 4. The van der Waals surface area contributed by atoms with E-state index in [4.69, 9.17) is 4.52 Å². The van der Waals surface area contributed by atoms with Crippen molar-refractivity contribution in [3.8, 4) is 0 Å². The Bertz CT molecular complexity index is 741. The largest absolute Gasteiger partial charge is 0.363 e. The Morgan fingerprint density at radius 3 is 2.40 bits per heavy atom. The van der Waals surface area contributed by atoms with E-state index in [0.717, 1.165) is 12.8 Å². The van der Waals surface area contributed by atoms with Crippen LogP contribution in [0.1, 0.15) is 49.5 Å². The van der Waals surface area contributed by atoms with Crippen LogP contribution in [0.4, 0.5) is 5.82 Å². The lowest BCUT2D eigenvalue weighted by atomic mass is 9.86. The number of benzene rings is 1. The molecule has 1 aromatic carbocycles. The van der Waals surface area contributed by atoms with Gasteiger partial charge in [-0.3, -0.25) is 9.59 Å². The molecule has 2 amide bonds. The fourth-order valence-corrected chi connectivity index (χ4v) is 2.65. The number of carbonyl (C=O) groups excluding carboxylic acids is 2. The van der Waals surface area contributed by atoms with Gasteiger partial charge in [0, 0.05) is 17.7 Å². The molecule has 1 saturated carbocycles. The number of aromatic nitrogens is 1. The molecule has 0 aliphatic heterocycles. The number of nitrogens with zero attached hydrogens (tertiary/aromatic N) is 2. The normalized spacial score (nSPS) is 14.2. The Kier molecular flexibility index (Phi) is 4.61. The molecular weight excluding hydrogens is 318 g/mol. The maximum Gasteiger partial charge on any atom is 0.254 e. The lowest BCUT2D eigenvalue weighted by molar-refractivity contribution is -0.117.